The predicted octanol–water partition coefficient (Wildman–Crippen LogP) is 4.41. The Balaban J connectivity index is 2.40. The van der Waals surface area contributed by atoms with Gasteiger partial charge in [-0.1, -0.05) is 23.7 Å². The van der Waals surface area contributed by atoms with Crippen molar-refractivity contribution in [3.8, 4) is 11.1 Å². The van der Waals surface area contributed by atoms with Crippen LogP contribution >= 0.6 is 11.6 Å². The van der Waals surface area contributed by atoms with E-state index in [1.165, 1.54) is 7.11 Å². The van der Waals surface area contributed by atoms with Gasteiger partial charge in [-0.3, -0.25) is 0 Å². The van der Waals surface area contributed by atoms with Crippen molar-refractivity contribution in [2.45, 2.75) is 13.8 Å². The van der Waals surface area contributed by atoms with E-state index < -0.39 is 0 Å². The van der Waals surface area contributed by atoms with E-state index in [9.17, 15) is 4.79 Å². The fourth-order valence-corrected chi connectivity index (χ4v) is 2.14. The summed E-state index contributed by atoms with van der Waals surface area (Å²) >= 11 is 6.16. The van der Waals surface area contributed by atoms with Crippen LogP contribution in [0.3, 0.4) is 0 Å². The van der Waals surface area contributed by atoms with Crippen LogP contribution < -0.4 is 0 Å². The van der Waals surface area contributed by atoms with Gasteiger partial charge in [0.05, 0.1) is 12.7 Å². The SMILES string of the molecule is COC(=O)c1ccc(-c2cc(C)c(Cl)c(C)c2)cc1. The highest BCUT2D eigenvalue weighted by molar-refractivity contribution is 6.32. The zero-order chi connectivity index (χ0) is 14.0. The third kappa shape index (κ3) is 2.79. The van der Waals surface area contributed by atoms with Gasteiger partial charge in [0, 0.05) is 5.02 Å². The molecule has 2 aromatic carbocycles. The Hall–Kier alpha value is -1.80. The smallest absolute Gasteiger partial charge is 0.337 e. The average molecular weight is 275 g/mol. The first-order valence-corrected chi connectivity index (χ1v) is 6.36. The molecule has 0 saturated heterocycles. The molecule has 0 heterocycles. The topological polar surface area (TPSA) is 26.3 Å². The lowest BCUT2D eigenvalue weighted by atomic mass is 10.00. The Morgan fingerprint density at radius 1 is 1.00 bits per heavy atom. The van der Waals surface area contributed by atoms with E-state index in [-0.39, 0.29) is 5.97 Å². The van der Waals surface area contributed by atoms with Gasteiger partial charge in [0.1, 0.15) is 0 Å². The summed E-state index contributed by atoms with van der Waals surface area (Å²) in [5, 5.41) is 0.801. The molecule has 0 unspecified atom stereocenters. The first-order valence-electron chi connectivity index (χ1n) is 5.98. The van der Waals surface area contributed by atoms with E-state index in [0.717, 1.165) is 27.3 Å². The lowest BCUT2D eigenvalue weighted by molar-refractivity contribution is 0.0601. The average Bonchev–Trinajstić information content (AvgIpc) is 2.43. The first kappa shape index (κ1) is 13.6. The van der Waals surface area contributed by atoms with E-state index in [2.05, 4.69) is 4.74 Å². The molecule has 2 nitrogen and oxygen atoms in total. The molecule has 0 radical (unpaired) electrons. The molecule has 0 atom stereocenters. The van der Waals surface area contributed by atoms with Crippen molar-refractivity contribution in [2.24, 2.45) is 0 Å². The second-order valence-electron chi connectivity index (χ2n) is 4.49. The molecule has 0 aliphatic rings. The molecule has 0 saturated carbocycles. The standard InChI is InChI=1S/C16H15ClO2/c1-10-8-14(9-11(2)15(10)17)12-4-6-13(7-5-12)16(18)19-3/h4-9H,1-3H3. The summed E-state index contributed by atoms with van der Waals surface area (Å²) in [6.45, 7) is 3.98. The molecule has 19 heavy (non-hydrogen) atoms. The highest BCUT2D eigenvalue weighted by Gasteiger charge is 2.07. The van der Waals surface area contributed by atoms with Crippen molar-refractivity contribution in [1.82, 2.24) is 0 Å². The van der Waals surface area contributed by atoms with Gasteiger partial charge in [0.15, 0.2) is 0 Å². The fraction of sp³-hybridized carbons (Fsp3) is 0.188. The normalized spacial score (nSPS) is 10.3. The van der Waals surface area contributed by atoms with Crippen molar-refractivity contribution in [3.63, 3.8) is 0 Å². The Labute approximate surface area is 118 Å². The van der Waals surface area contributed by atoms with Crippen molar-refractivity contribution < 1.29 is 9.53 Å². The van der Waals surface area contributed by atoms with Crippen LogP contribution in [0.1, 0.15) is 21.5 Å². The maximum atomic E-state index is 11.4. The maximum absolute atomic E-state index is 11.4. The number of methoxy groups -OCH3 is 1. The quantitative estimate of drug-likeness (QED) is 0.758. The monoisotopic (exact) mass is 274 g/mol. The van der Waals surface area contributed by atoms with E-state index >= 15 is 0 Å². The van der Waals surface area contributed by atoms with Crippen LogP contribution in [0, 0.1) is 13.8 Å². The second kappa shape index (κ2) is 5.45. The highest BCUT2D eigenvalue weighted by atomic mass is 35.5. The largest absolute Gasteiger partial charge is 0.465 e. The van der Waals surface area contributed by atoms with Crippen LogP contribution in [0.5, 0.6) is 0 Å². The fourth-order valence-electron chi connectivity index (χ4n) is 2.03. The third-order valence-electron chi connectivity index (χ3n) is 3.08. The molecule has 0 N–H and O–H groups in total. The van der Waals surface area contributed by atoms with Gasteiger partial charge in [-0.25, -0.2) is 4.79 Å². The molecule has 0 aliphatic carbocycles. The zero-order valence-electron chi connectivity index (χ0n) is 11.2. The highest BCUT2D eigenvalue weighted by Crippen LogP contribution is 2.28. The lowest BCUT2D eigenvalue weighted by Crippen LogP contribution is -2.00. The van der Waals surface area contributed by atoms with Crippen LogP contribution in [0.2, 0.25) is 5.02 Å². The summed E-state index contributed by atoms with van der Waals surface area (Å²) in [5.41, 5.74) is 4.79. The van der Waals surface area contributed by atoms with E-state index in [1.807, 2.05) is 38.1 Å². The number of halogens is 1. The minimum Gasteiger partial charge on any atom is -0.465 e. The first-order chi connectivity index (χ1) is 9.02. The Morgan fingerprint density at radius 2 is 1.53 bits per heavy atom. The molecular formula is C16H15ClO2. The zero-order valence-corrected chi connectivity index (χ0v) is 11.9. The van der Waals surface area contributed by atoms with Gasteiger partial charge in [0.2, 0.25) is 0 Å². The molecule has 3 heteroatoms. The number of ether oxygens (including phenoxy) is 1. The maximum Gasteiger partial charge on any atom is 0.337 e. The van der Waals surface area contributed by atoms with E-state index in [0.29, 0.717) is 5.56 Å². The number of carbonyl (C=O) groups is 1. The lowest BCUT2D eigenvalue weighted by Gasteiger charge is -2.08. The van der Waals surface area contributed by atoms with Gasteiger partial charge in [-0.15, -0.1) is 0 Å². The molecule has 0 aliphatic heterocycles. The van der Waals surface area contributed by atoms with Gasteiger partial charge < -0.3 is 4.74 Å². The number of hydrogen-bond acceptors (Lipinski definition) is 2. The number of carbonyl (C=O) groups excluding carboxylic acids is 1. The minimum atomic E-state index is -0.324. The summed E-state index contributed by atoms with van der Waals surface area (Å²) in [4.78, 5) is 11.4. The van der Waals surface area contributed by atoms with Crippen molar-refractivity contribution in [3.05, 3.63) is 58.1 Å². The second-order valence-corrected chi connectivity index (χ2v) is 4.87. The molecule has 98 valence electrons. The minimum absolute atomic E-state index is 0.324. The van der Waals surface area contributed by atoms with Crippen molar-refractivity contribution in [1.29, 1.82) is 0 Å². The molecule has 0 amide bonds. The molecule has 0 bridgehead atoms. The van der Waals surface area contributed by atoms with Crippen LogP contribution in [-0.2, 0) is 4.74 Å². The number of aryl methyl sites for hydroxylation is 2. The van der Waals surface area contributed by atoms with Crippen LogP contribution in [0.25, 0.3) is 11.1 Å². The summed E-state index contributed by atoms with van der Waals surface area (Å²) in [6.07, 6.45) is 0. The van der Waals surface area contributed by atoms with Gasteiger partial charge in [0.25, 0.3) is 0 Å². The van der Waals surface area contributed by atoms with Gasteiger partial charge in [-0.2, -0.15) is 0 Å². The summed E-state index contributed by atoms with van der Waals surface area (Å²) in [6, 6.07) is 11.4. The summed E-state index contributed by atoms with van der Waals surface area (Å²) in [7, 11) is 1.38. The van der Waals surface area contributed by atoms with Crippen molar-refractivity contribution >= 4 is 17.6 Å². The summed E-state index contributed by atoms with van der Waals surface area (Å²) < 4.78 is 4.68. The Bertz CT molecular complexity index is 592. The van der Waals surface area contributed by atoms with E-state index in [4.69, 9.17) is 11.6 Å². The molecular weight excluding hydrogens is 260 g/mol. The van der Waals surface area contributed by atoms with Crippen LogP contribution in [0.4, 0.5) is 0 Å². The predicted molar refractivity (Wildman–Crippen MR) is 77.7 cm³/mol. The number of esters is 1. The van der Waals surface area contributed by atoms with Crippen molar-refractivity contribution in [2.75, 3.05) is 7.11 Å². The third-order valence-corrected chi connectivity index (χ3v) is 3.67. The molecule has 2 aromatic rings. The number of hydrogen-bond donors (Lipinski definition) is 0. The Morgan fingerprint density at radius 3 is 2.00 bits per heavy atom. The molecule has 0 spiro atoms. The number of benzene rings is 2. The molecule has 0 fully saturated rings. The van der Waals surface area contributed by atoms with Gasteiger partial charge >= 0.3 is 5.97 Å². The van der Waals surface area contributed by atoms with E-state index in [1.54, 1.807) is 12.1 Å². The van der Waals surface area contributed by atoms with Crippen LogP contribution in [0.15, 0.2) is 36.4 Å². The summed E-state index contributed by atoms with van der Waals surface area (Å²) in [5.74, 6) is -0.324. The Kier molecular flexibility index (Phi) is 3.91. The van der Waals surface area contributed by atoms with Gasteiger partial charge in [-0.05, 0) is 60.4 Å². The van der Waals surface area contributed by atoms with Crippen LogP contribution in [-0.4, -0.2) is 13.1 Å². The molecule has 2 rings (SSSR count). The number of rotatable bonds is 2. The molecule has 0 aromatic heterocycles.